The second kappa shape index (κ2) is 16.3. The predicted molar refractivity (Wildman–Crippen MR) is 210 cm³/mol. The van der Waals surface area contributed by atoms with Gasteiger partial charge in [-0.05, 0) is 92.5 Å². The largest absolute Gasteiger partial charge is 0.491 e. The first-order chi connectivity index (χ1) is 27.3. The number of nitrogens with zero attached hydrogens (tertiary/aromatic N) is 5. The fourth-order valence-corrected chi connectivity index (χ4v) is 8.23. The summed E-state index contributed by atoms with van der Waals surface area (Å²) in [6.45, 7) is 3.94. The highest BCUT2D eigenvalue weighted by Gasteiger charge is 2.59. The summed E-state index contributed by atoms with van der Waals surface area (Å²) in [4.78, 5) is 57.3. The van der Waals surface area contributed by atoms with Gasteiger partial charge >= 0.3 is 6.18 Å². The van der Waals surface area contributed by atoms with Crippen LogP contribution in [0.1, 0.15) is 43.2 Å². The molecule has 1 unspecified atom stereocenters. The van der Waals surface area contributed by atoms with Crippen LogP contribution in [0.15, 0.2) is 60.7 Å². The number of halogens is 4. The van der Waals surface area contributed by atoms with Crippen molar-refractivity contribution in [1.29, 1.82) is 5.26 Å². The summed E-state index contributed by atoms with van der Waals surface area (Å²) < 4.78 is 47.4. The molecule has 7 rings (SSSR count). The molecule has 4 fully saturated rings. The SMILES string of the molecule is N#Cc1ccc(N2C(=O)C3(CCC3)N(c3ccc(OCCN4CCN(CC(=O)Nc5cccc(NC6CCC(=O)NC6=O)c5)CC4)c(Cl)c3)C2=S)cc1C(F)(F)F. The van der Waals surface area contributed by atoms with Gasteiger partial charge in [-0.3, -0.25) is 39.2 Å². The van der Waals surface area contributed by atoms with Crippen molar-refractivity contribution in [3.8, 4) is 11.8 Å². The Balaban J connectivity index is 0.894. The molecule has 3 heterocycles. The van der Waals surface area contributed by atoms with E-state index in [4.69, 9.17) is 28.6 Å². The van der Waals surface area contributed by atoms with Crippen LogP contribution in [0.2, 0.25) is 5.02 Å². The molecule has 1 spiro atoms. The Morgan fingerprint density at radius 3 is 2.39 bits per heavy atom. The maximum Gasteiger partial charge on any atom is 0.417 e. The van der Waals surface area contributed by atoms with Crippen molar-refractivity contribution in [1.82, 2.24) is 15.1 Å². The Morgan fingerprint density at radius 1 is 1.00 bits per heavy atom. The first-order valence-electron chi connectivity index (χ1n) is 18.4. The van der Waals surface area contributed by atoms with E-state index in [1.807, 2.05) is 0 Å². The van der Waals surface area contributed by atoms with Crippen molar-refractivity contribution >= 4 is 75.3 Å². The van der Waals surface area contributed by atoms with Crippen molar-refractivity contribution in [3.63, 3.8) is 0 Å². The Kier molecular flexibility index (Phi) is 11.4. The van der Waals surface area contributed by atoms with Gasteiger partial charge in [0.15, 0.2) is 5.11 Å². The lowest BCUT2D eigenvalue weighted by atomic mass is 9.75. The predicted octanol–water partition coefficient (Wildman–Crippen LogP) is 5.14. The van der Waals surface area contributed by atoms with Gasteiger partial charge in [-0.1, -0.05) is 17.7 Å². The van der Waals surface area contributed by atoms with Crippen LogP contribution in [-0.4, -0.2) is 96.0 Å². The molecule has 0 aromatic heterocycles. The van der Waals surface area contributed by atoms with Crippen LogP contribution in [-0.2, 0) is 25.4 Å². The summed E-state index contributed by atoms with van der Waals surface area (Å²) >= 11 is 12.4. The number of thiocarbonyl (C=S) groups is 1. The summed E-state index contributed by atoms with van der Waals surface area (Å²) in [5.74, 6) is -0.832. The Morgan fingerprint density at radius 2 is 1.72 bits per heavy atom. The van der Waals surface area contributed by atoms with Gasteiger partial charge in [0, 0.05) is 56.2 Å². The topological polar surface area (TPSA) is 150 Å². The first kappa shape index (κ1) is 39.9. The van der Waals surface area contributed by atoms with Gasteiger partial charge in [0.25, 0.3) is 5.91 Å². The average Bonchev–Trinajstić information content (AvgIpc) is 3.40. The normalized spacial score (nSPS) is 19.9. The van der Waals surface area contributed by atoms with Crippen LogP contribution < -0.4 is 30.5 Å². The van der Waals surface area contributed by atoms with E-state index >= 15 is 0 Å². The zero-order chi connectivity index (χ0) is 40.5. The molecule has 3 N–H and O–H groups in total. The van der Waals surface area contributed by atoms with Gasteiger partial charge < -0.3 is 20.3 Å². The fraction of sp³-hybridized carbons (Fsp3) is 0.385. The molecule has 1 aliphatic carbocycles. The van der Waals surface area contributed by atoms with E-state index in [0.29, 0.717) is 68.3 Å². The minimum absolute atomic E-state index is 0.0208. The molecule has 0 radical (unpaired) electrons. The van der Waals surface area contributed by atoms with Crippen LogP contribution >= 0.6 is 23.8 Å². The average molecular weight is 823 g/mol. The van der Waals surface area contributed by atoms with Gasteiger partial charge in [0.1, 0.15) is 23.9 Å². The van der Waals surface area contributed by atoms with Gasteiger partial charge in [-0.15, -0.1) is 0 Å². The van der Waals surface area contributed by atoms with Crippen molar-refractivity contribution in [3.05, 3.63) is 76.8 Å². The number of anilines is 4. The van der Waals surface area contributed by atoms with Crippen molar-refractivity contribution in [2.24, 2.45) is 0 Å². The molecule has 298 valence electrons. The van der Waals surface area contributed by atoms with E-state index < -0.39 is 34.8 Å². The van der Waals surface area contributed by atoms with Crippen LogP contribution in [0, 0.1) is 11.3 Å². The molecular weight excluding hydrogens is 785 g/mol. The maximum absolute atomic E-state index is 13.8. The van der Waals surface area contributed by atoms with E-state index in [2.05, 4.69) is 25.8 Å². The zero-order valence-corrected chi connectivity index (χ0v) is 32.1. The molecule has 18 heteroatoms. The van der Waals surface area contributed by atoms with Gasteiger partial charge in [0.05, 0.1) is 34.5 Å². The third-order valence-electron chi connectivity index (χ3n) is 10.7. The molecule has 3 saturated heterocycles. The Hall–Kier alpha value is -5.28. The quantitative estimate of drug-likeness (QED) is 0.174. The number of nitrogens with one attached hydrogen (secondary N) is 3. The molecule has 57 heavy (non-hydrogen) atoms. The number of piperidine rings is 1. The summed E-state index contributed by atoms with van der Waals surface area (Å²) in [6, 6.07) is 16.3. The second-order valence-electron chi connectivity index (χ2n) is 14.3. The summed E-state index contributed by atoms with van der Waals surface area (Å²) in [5.41, 5.74) is -1.06. The van der Waals surface area contributed by atoms with Crippen molar-refractivity contribution in [2.75, 3.05) is 66.3 Å². The molecule has 4 aliphatic rings. The summed E-state index contributed by atoms with van der Waals surface area (Å²) in [7, 11) is 0. The minimum Gasteiger partial charge on any atom is -0.491 e. The highest BCUT2D eigenvalue weighted by atomic mass is 35.5. The maximum atomic E-state index is 13.8. The Labute approximate surface area is 336 Å². The van der Waals surface area contributed by atoms with Crippen molar-refractivity contribution < 1.29 is 37.1 Å². The number of imide groups is 1. The van der Waals surface area contributed by atoms with Crippen LogP contribution in [0.25, 0.3) is 0 Å². The summed E-state index contributed by atoms with van der Waals surface area (Å²) in [6.07, 6.45) is -2.49. The lowest BCUT2D eigenvalue weighted by Crippen LogP contribution is -2.55. The number of alkyl halides is 3. The molecule has 4 amide bonds. The molecular formula is C39H38ClF3N8O5S. The fourth-order valence-electron chi connectivity index (χ4n) is 7.54. The number of benzene rings is 3. The monoisotopic (exact) mass is 822 g/mol. The number of piperazine rings is 1. The number of nitriles is 1. The summed E-state index contributed by atoms with van der Waals surface area (Å²) in [5, 5.41) is 17.9. The highest BCUT2D eigenvalue weighted by molar-refractivity contribution is 7.81. The second-order valence-corrected chi connectivity index (χ2v) is 15.1. The van der Waals surface area contributed by atoms with Gasteiger partial charge in [0.2, 0.25) is 17.7 Å². The molecule has 13 nitrogen and oxygen atoms in total. The molecule has 3 aromatic carbocycles. The number of carbonyl (C=O) groups is 4. The van der Waals surface area contributed by atoms with E-state index in [9.17, 15) is 37.6 Å². The highest BCUT2D eigenvalue weighted by Crippen LogP contribution is 2.49. The van der Waals surface area contributed by atoms with Crippen molar-refractivity contribution in [2.45, 2.75) is 49.9 Å². The number of amides is 4. The third-order valence-corrected chi connectivity index (χ3v) is 11.3. The van der Waals surface area contributed by atoms with E-state index in [-0.39, 0.29) is 46.5 Å². The van der Waals surface area contributed by atoms with E-state index in [0.717, 1.165) is 36.5 Å². The van der Waals surface area contributed by atoms with Crippen LogP contribution in [0.4, 0.5) is 35.9 Å². The van der Waals surface area contributed by atoms with Crippen LogP contribution in [0.5, 0.6) is 5.75 Å². The molecule has 1 atom stereocenters. The third kappa shape index (κ3) is 8.40. The van der Waals surface area contributed by atoms with Crippen LogP contribution in [0.3, 0.4) is 0 Å². The number of ether oxygens (including phenoxy) is 1. The zero-order valence-electron chi connectivity index (χ0n) is 30.5. The van der Waals surface area contributed by atoms with E-state index in [1.54, 1.807) is 53.4 Å². The number of carbonyl (C=O) groups excluding carboxylic acids is 4. The Bertz CT molecular complexity index is 2150. The number of rotatable bonds is 11. The lowest BCUT2D eigenvalue weighted by molar-refractivity contribution is -0.138. The van der Waals surface area contributed by atoms with E-state index in [1.165, 1.54) is 6.07 Å². The van der Waals surface area contributed by atoms with Gasteiger partial charge in [-0.2, -0.15) is 18.4 Å². The first-order valence-corrected chi connectivity index (χ1v) is 19.2. The lowest BCUT2D eigenvalue weighted by Gasteiger charge is -2.43. The van der Waals surface area contributed by atoms with Gasteiger partial charge in [-0.25, -0.2) is 0 Å². The molecule has 3 aromatic rings. The number of hydrogen-bond acceptors (Lipinski definition) is 10. The molecule has 1 saturated carbocycles. The standard InChI is InChI=1S/C39H38ClF3N8O5S/c40-30-21-28(51-37(57)50(36(55)38(51)11-2-12-38)27-6-5-24(22-44)29(20-27)39(41,42)43)7-9-32(30)56-18-17-48-13-15-49(16-14-48)23-34(53)46-26-4-1-3-25(19-26)45-31-8-10-33(52)47-35(31)54/h1,3-7,9,19-21,31,45H,2,8,10-18,23H2,(H,46,53)(H,47,52,54). The number of hydrogen-bond donors (Lipinski definition) is 3. The molecule has 0 bridgehead atoms. The smallest absolute Gasteiger partial charge is 0.417 e. The minimum atomic E-state index is -4.80. The molecule has 3 aliphatic heterocycles.